The van der Waals surface area contributed by atoms with Gasteiger partial charge >= 0.3 is 6.23 Å². The van der Waals surface area contributed by atoms with Crippen molar-refractivity contribution < 1.29 is 28.1 Å². The van der Waals surface area contributed by atoms with E-state index >= 15 is 0 Å². The summed E-state index contributed by atoms with van der Waals surface area (Å²) in [7, 11) is 0. The van der Waals surface area contributed by atoms with Gasteiger partial charge in [-0.3, -0.25) is 0 Å². The highest BCUT2D eigenvalue weighted by Crippen LogP contribution is 2.39. The fourth-order valence-corrected chi connectivity index (χ4v) is 2.19. The monoisotopic (exact) mass is 301 g/mol. The number of halogens is 3. The van der Waals surface area contributed by atoms with Crippen LogP contribution in [0.15, 0.2) is 18.2 Å². The lowest BCUT2D eigenvalue weighted by molar-refractivity contribution is -0.375. The molecule has 0 aliphatic carbocycles. The third-order valence-electron chi connectivity index (χ3n) is 3.00. The van der Waals surface area contributed by atoms with E-state index in [9.17, 15) is 13.2 Å². The van der Waals surface area contributed by atoms with Crippen LogP contribution < -0.4 is 10.5 Å². The molecule has 4 nitrogen and oxygen atoms in total. The minimum absolute atomic E-state index is 0.0955. The number of rotatable bonds is 3. The van der Waals surface area contributed by atoms with Gasteiger partial charge in [0.15, 0.2) is 11.6 Å². The molecule has 0 unspecified atom stereocenters. The molecule has 114 valence electrons. The van der Waals surface area contributed by atoms with E-state index in [4.69, 9.17) is 15.9 Å². The lowest BCUT2D eigenvalue weighted by Crippen LogP contribution is -2.29. The molecule has 7 heteroatoms. The standard InChI is InChI=1S/C14H14F3NO3/c1-6(2)8-3-7(18)4-9-10(15)5-11(16)13(12(8)9)21-14(17,19)20/h3-6,19-20H,18H2,1-2H3. The Kier molecular flexibility index (Phi) is 3.73. The van der Waals surface area contributed by atoms with E-state index in [0.717, 1.165) is 0 Å². The highest BCUT2D eigenvalue weighted by molar-refractivity contribution is 5.94. The number of nitrogens with two attached hydrogens (primary N) is 1. The Balaban J connectivity index is 2.90. The topological polar surface area (TPSA) is 75.7 Å². The fraction of sp³-hybridized carbons (Fsp3) is 0.286. The number of hydrogen-bond acceptors (Lipinski definition) is 4. The second-order valence-corrected chi connectivity index (χ2v) is 4.99. The van der Waals surface area contributed by atoms with Crippen molar-refractivity contribution in [2.24, 2.45) is 0 Å². The highest BCUT2D eigenvalue weighted by Gasteiger charge is 2.29. The van der Waals surface area contributed by atoms with Crippen molar-refractivity contribution in [3.8, 4) is 5.75 Å². The summed E-state index contributed by atoms with van der Waals surface area (Å²) < 4.78 is 44.9. The van der Waals surface area contributed by atoms with Gasteiger partial charge in [-0.2, -0.15) is 0 Å². The maximum atomic E-state index is 13.9. The van der Waals surface area contributed by atoms with Gasteiger partial charge in [0.1, 0.15) is 5.82 Å². The largest absolute Gasteiger partial charge is 0.492 e. The average Bonchev–Trinajstić information content (AvgIpc) is 2.32. The molecule has 0 radical (unpaired) electrons. The zero-order valence-corrected chi connectivity index (χ0v) is 11.3. The normalized spacial score (nSPS) is 12.2. The minimum Gasteiger partial charge on any atom is -0.409 e. The molecule has 0 aliphatic rings. The molecule has 21 heavy (non-hydrogen) atoms. The van der Waals surface area contributed by atoms with E-state index < -0.39 is 23.6 Å². The zero-order valence-electron chi connectivity index (χ0n) is 11.3. The summed E-state index contributed by atoms with van der Waals surface area (Å²) in [4.78, 5) is 0. The van der Waals surface area contributed by atoms with Crippen LogP contribution in [0.5, 0.6) is 5.75 Å². The SMILES string of the molecule is CC(C)c1cc(N)cc2c(F)cc(F)c(OC(O)(O)F)c12. The Morgan fingerprint density at radius 1 is 1.14 bits per heavy atom. The molecule has 0 bridgehead atoms. The molecule has 0 aromatic heterocycles. The first kappa shape index (κ1) is 15.4. The van der Waals surface area contributed by atoms with Gasteiger partial charge < -0.3 is 20.7 Å². The first-order valence-electron chi connectivity index (χ1n) is 6.14. The Bertz CT molecular complexity index is 696. The predicted octanol–water partition coefficient (Wildman–Crippen LogP) is 2.77. The van der Waals surface area contributed by atoms with Crippen molar-refractivity contribution in [3.63, 3.8) is 0 Å². The van der Waals surface area contributed by atoms with Crippen LogP contribution in [0.4, 0.5) is 18.9 Å². The lowest BCUT2D eigenvalue weighted by Gasteiger charge is -2.19. The summed E-state index contributed by atoms with van der Waals surface area (Å²) in [5.74, 6) is -3.17. The number of hydrogen-bond donors (Lipinski definition) is 3. The maximum Gasteiger partial charge on any atom is 0.492 e. The summed E-state index contributed by atoms with van der Waals surface area (Å²) in [5.41, 5.74) is 6.30. The van der Waals surface area contributed by atoms with E-state index in [-0.39, 0.29) is 22.4 Å². The second-order valence-electron chi connectivity index (χ2n) is 4.99. The molecule has 2 aromatic carbocycles. The van der Waals surface area contributed by atoms with Gasteiger partial charge in [0.05, 0.1) is 0 Å². The van der Waals surface area contributed by atoms with Crippen LogP contribution >= 0.6 is 0 Å². The molecule has 0 amide bonds. The molecule has 0 saturated carbocycles. The smallest absolute Gasteiger partial charge is 0.409 e. The molecular weight excluding hydrogens is 287 g/mol. The summed E-state index contributed by atoms with van der Waals surface area (Å²) in [5, 5.41) is 17.2. The summed E-state index contributed by atoms with van der Waals surface area (Å²) in [6.07, 6.45) is -4.08. The van der Waals surface area contributed by atoms with Crippen molar-refractivity contribution in [1.29, 1.82) is 0 Å². The van der Waals surface area contributed by atoms with Gasteiger partial charge in [-0.05, 0) is 23.6 Å². The third kappa shape index (κ3) is 3.03. The summed E-state index contributed by atoms with van der Waals surface area (Å²) in [6.45, 7) is 3.47. The van der Waals surface area contributed by atoms with Crippen LogP contribution in [0.3, 0.4) is 0 Å². The predicted molar refractivity (Wildman–Crippen MR) is 71.3 cm³/mol. The van der Waals surface area contributed by atoms with Gasteiger partial charge in [-0.15, -0.1) is 4.39 Å². The van der Waals surface area contributed by atoms with Crippen molar-refractivity contribution in [3.05, 3.63) is 35.4 Å². The quantitative estimate of drug-likeness (QED) is 0.602. The summed E-state index contributed by atoms with van der Waals surface area (Å²) >= 11 is 0. The first-order chi connectivity index (χ1) is 9.60. The first-order valence-corrected chi connectivity index (χ1v) is 6.14. The lowest BCUT2D eigenvalue weighted by atomic mass is 9.94. The number of fused-ring (bicyclic) bond motifs is 1. The van der Waals surface area contributed by atoms with Gasteiger partial charge in [-0.25, -0.2) is 8.78 Å². The Morgan fingerprint density at radius 2 is 1.76 bits per heavy atom. The molecule has 4 N–H and O–H groups in total. The van der Waals surface area contributed by atoms with Gasteiger partial charge in [0, 0.05) is 22.5 Å². The van der Waals surface area contributed by atoms with Crippen molar-refractivity contribution in [2.75, 3.05) is 5.73 Å². The molecule has 0 saturated heterocycles. The van der Waals surface area contributed by atoms with Gasteiger partial charge in [0.2, 0.25) is 0 Å². The molecule has 0 spiro atoms. The number of anilines is 1. The van der Waals surface area contributed by atoms with E-state index in [0.29, 0.717) is 11.6 Å². The van der Waals surface area contributed by atoms with E-state index in [1.807, 2.05) is 0 Å². The van der Waals surface area contributed by atoms with Crippen LogP contribution in [0.2, 0.25) is 0 Å². The molecule has 0 aliphatic heterocycles. The average molecular weight is 301 g/mol. The second kappa shape index (κ2) is 5.09. The fourth-order valence-electron chi connectivity index (χ4n) is 2.19. The van der Waals surface area contributed by atoms with Crippen LogP contribution in [-0.2, 0) is 0 Å². The molecule has 2 rings (SSSR count). The molecular formula is C14H14F3NO3. The zero-order chi connectivity index (χ0) is 15.9. The number of aliphatic hydroxyl groups is 2. The van der Waals surface area contributed by atoms with E-state index in [2.05, 4.69) is 4.74 Å². The minimum atomic E-state index is -4.08. The Hall–Kier alpha value is -1.99. The number of nitrogen functional groups attached to an aromatic ring is 1. The molecule has 0 fully saturated rings. The Labute approximate surface area is 118 Å². The van der Waals surface area contributed by atoms with Crippen molar-refractivity contribution in [2.45, 2.75) is 26.0 Å². The van der Waals surface area contributed by atoms with Crippen LogP contribution in [-0.4, -0.2) is 16.4 Å². The van der Waals surface area contributed by atoms with E-state index in [1.54, 1.807) is 13.8 Å². The molecule has 0 heterocycles. The van der Waals surface area contributed by atoms with Crippen LogP contribution in [0.1, 0.15) is 25.3 Å². The highest BCUT2D eigenvalue weighted by atomic mass is 19.2. The molecule has 2 aromatic rings. The van der Waals surface area contributed by atoms with Gasteiger partial charge in [0.25, 0.3) is 0 Å². The number of alkyl halides is 1. The van der Waals surface area contributed by atoms with Gasteiger partial charge in [-0.1, -0.05) is 13.8 Å². The third-order valence-corrected chi connectivity index (χ3v) is 3.00. The Morgan fingerprint density at radius 3 is 2.29 bits per heavy atom. The van der Waals surface area contributed by atoms with Crippen molar-refractivity contribution in [1.82, 2.24) is 0 Å². The van der Waals surface area contributed by atoms with Crippen LogP contribution in [0, 0.1) is 11.6 Å². The maximum absolute atomic E-state index is 13.9. The summed E-state index contributed by atoms with van der Waals surface area (Å²) in [6, 6.07) is 3.16. The number of ether oxygens (including phenoxy) is 1. The van der Waals surface area contributed by atoms with Crippen molar-refractivity contribution >= 4 is 16.5 Å². The molecule has 0 atom stereocenters. The van der Waals surface area contributed by atoms with Crippen LogP contribution in [0.25, 0.3) is 10.8 Å². The van der Waals surface area contributed by atoms with E-state index in [1.165, 1.54) is 12.1 Å². The number of benzene rings is 2.